The van der Waals surface area contributed by atoms with Crippen molar-refractivity contribution in [2.24, 2.45) is 5.92 Å². The third-order valence-corrected chi connectivity index (χ3v) is 12.8. The fourth-order valence-corrected chi connectivity index (χ4v) is 10.2. The predicted molar refractivity (Wildman–Crippen MR) is 137 cm³/mol. The van der Waals surface area contributed by atoms with Crippen LogP contribution in [0.15, 0.2) is 47.4 Å². The largest absolute Gasteiger partial charge is 0.435 e. The highest BCUT2D eigenvalue weighted by Crippen LogP contribution is 2.57. The Bertz CT molecular complexity index is 1650. The normalized spacial score (nSPS) is 24.7. The lowest BCUT2D eigenvalue weighted by molar-refractivity contribution is -0.348. The van der Waals surface area contributed by atoms with Gasteiger partial charge in [0.1, 0.15) is 20.4 Å². The number of carbonyl (C=O) groups is 1. The van der Waals surface area contributed by atoms with Crippen LogP contribution in [0.1, 0.15) is 30.4 Å². The third kappa shape index (κ3) is 4.77. The second-order valence-electron chi connectivity index (χ2n) is 10.9. The van der Waals surface area contributed by atoms with E-state index in [0.717, 1.165) is 18.2 Å². The van der Waals surface area contributed by atoms with E-state index >= 15 is 0 Å². The maximum absolute atomic E-state index is 14.9. The Kier molecular flexibility index (Phi) is 7.35. The van der Waals surface area contributed by atoms with Gasteiger partial charge in [0.15, 0.2) is 9.84 Å². The Morgan fingerprint density at radius 3 is 2.16 bits per heavy atom. The number of carbonyl (C=O) groups excluding carboxylic acids is 1. The first-order valence-corrected chi connectivity index (χ1v) is 16.3. The Balaban J connectivity index is 1.66. The van der Waals surface area contributed by atoms with Gasteiger partial charge in [-0.1, -0.05) is 18.2 Å². The van der Waals surface area contributed by atoms with Gasteiger partial charge in [0, 0.05) is 30.3 Å². The monoisotopic (exact) mass is 660 g/mol. The van der Waals surface area contributed by atoms with Crippen molar-refractivity contribution in [2.75, 3.05) is 29.9 Å². The number of rotatable bonds is 4. The topological polar surface area (TPSA) is 101 Å². The summed E-state index contributed by atoms with van der Waals surface area (Å²) in [6, 6.07) is 3.69. The number of likely N-dealkylation sites (tertiary alicyclic amines) is 1. The summed E-state index contributed by atoms with van der Waals surface area (Å²) in [5.74, 6) is -2.80. The smallest absolute Gasteiger partial charge is 0.383 e. The first-order valence-electron chi connectivity index (χ1n) is 13.0. The molecule has 236 valence electrons. The average Bonchev–Trinajstić information content (AvgIpc) is 3.32. The quantitative estimate of drug-likeness (QED) is 0.480. The summed E-state index contributed by atoms with van der Waals surface area (Å²) in [5.41, 5.74) is -8.45. The Morgan fingerprint density at radius 1 is 0.953 bits per heavy atom. The van der Waals surface area contributed by atoms with E-state index in [1.807, 2.05) is 0 Å². The molecule has 3 aliphatic rings. The predicted octanol–water partition coefficient (Wildman–Crippen LogP) is 4.64. The summed E-state index contributed by atoms with van der Waals surface area (Å²) in [6.07, 6.45) is -13.2. The minimum absolute atomic E-state index is 0.0190. The number of nitrogens with zero attached hydrogens (tertiary/aromatic N) is 1. The zero-order valence-corrected chi connectivity index (χ0v) is 23.6. The third-order valence-electron chi connectivity index (χ3n) is 8.55. The molecule has 2 saturated heterocycles. The summed E-state index contributed by atoms with van der Waals surface area (Å²) in [6.45, 7) is -0.693. The van der Waals surface area contributed by atoms with Crippen LogP contribution in [0, 0.1) is 11.7 Å². The zero-order chi connectivity index (χ0) is 31.8. The van der Waals surface area contributed by atoms with E-state index in [-0.39, 0.29) is 55.0 Å². The molecule has 2 fully saturated rings. The lowest BCUT2D eigenvalue weighted by atomic mass is 9.83. The number of fused-ring (bicyclic) bond motifs is 3. The molecule has 0 bridgehead atoms. The first kappa shape index (κ1) is 31.5. The van der Waals surface area contributed by atoms with Crippen LogP contribution in [-0.2, 0) is 34.9 Å². The highest BCUT2D eigenvalue weighted by atomic mass is 32.2. The first-order chi connectivity index (χ1) is 19.8. The van der Waals surface area contributed by atoms with Crippen LogP contribution in [0.25, 0.3) is 0 Å². The number of benzene rings is 2. The van der Waals surface area contributed by atoms with E-state index in [4.69, 9.17) is 0 Å². The molecule has 0 spiro atoms. The SMILES string of the molecule is O=C(C1CCS(=O)(=O)CC1)N1CCC2(S(=O)(=O)c3cccc(F)c3)c3ccc(C(F)(C(F)(F)F)C(F)(F)F)cc3NCC12. The van der Waals surface area contributed by atoms with Crippen molar-refractivity contribution in [1.29, 1.82) is 0 Å². The minimum Gasteiger partial charge on any atom is -0.383 e. The maximum Gasteiger partial charge on any atom is 0.435 e. The Labute approximate surface area is 241 Å². The van der Waals surface area contributed by atoms with E-state index in [1.54, 1.807) is 0 Å². The number of alkyl halides is 7. The molecule has 7 nitrogen and oxygen atoms in total. The van der Waals surface area contributed by atoms with E-state index in [2.05, 4.69) is 5.32 Å². The number of hydrogen-bond donors (Lipinski definition) is 1. The number of nitrogens with one attached hydrogen (secondary N) is 1. The molecule has 5 rings (SSSR count). The van der Waals surface area contributed by atoms with Crippen LogP contribution in [0.5, 0.6) is 0 Å². The molecule has 1 amide bonds. The second kappa shape index (κ2) is 10.0. The van der Waals surface area contributed by atoms with Gasteiger partial charge in [0.25, 0.3) is 0 Å². The van der Waals surface area contributed by atoms with Crippen LogP contribution in [0.4, 0.5) is 40.8 Å². The highest BCUT2D eigenvalue weighted by molar-refractivity contribution is 7.92. The molecule has 3 heterocycles. The summed E-state index contributed by atoms with van der Waals surface area (Å²) in [7, 11) is -8.08. The molecule has 0 radical (unpaired) electrons. The van der Waals surface area contributed by atoms with Gasteiger partial charge in [-0.25, -0.2) is 25.6 Å². The molecule has 43 heavy (non-hydrogen) atoms. The number of halogens is 8. The van der Waals surface area contributed by atoms with Crippen molar-refractivity contribution >= 4 is 31.3 Å². The number of hydrogen-bond acceptors (Lipinski definition) is 6. The number of sulfone groups is 2. The molecule has 1 N–H and O–H groups in total. The van der Waals surface area contributed by atoms with Crippen molar-refractivity contribution in [3.05, 3.63) is 59.4 Å². The van der Waals surface area contributed by atoms with Crippen LogP contribution in [0.2, 0.25) is 0 Å². The Morgan fingerprint density at radius 2 is 1.58 bits per heavy atom. The standard InChI is InChI=1S/C26H24F8N2O5S2/c27-17-2-1-3-18(13-17)43(40,41)23-8-9-36(22(37)15-6-10-42(38,39)11-7-15)21(23)14-35-20-12-16(4-5-19(20)23)24(28,25(29,30)31)26(32,33)34/h1-5,12-13,15,21,35H,6-11,14H2. The molecule has 3 aliphatic heterocycles. The minimum atomic E-state index is -6.41. The lowest BCUT2D eigenvalue weighted by Gasteiger charge is -2.44. The van der Waals surface area contributed by atoms with Crippen molar-refractivity contribution in [3.63, 3.8) is 0 Å². The molecule has 2 unspecified atom stereocenters. The zero-order valence-electron chi connectivity index (χ0n) is 22.0. The molecular formula is C26H24F8N2O5S2. The second-order valence-corrected chi connectivity index (χ2v) is 15.4. The molecular weight excluding hydrogens is 636 g/mol. The number of anilines is 1. The highest BCUT2D eigenvalue weighted by Gasteiger charge is 2.74. The summed E-state index contributed by atoms with van der Waals surface area (Å²) < 4.78 is 160. The van der Waals surface area contributed by atoms with Gasteiger partial charge in [0.05, 0.1) is 22.4 Å². The average molecular weight is 661 g/mol. The van der Waals surface area contributed by atoms with E-state index in [1.165, 1.54) is 4.90 Å². The molecule has 2 aromatic carbocycles. The van der Waals surface area contributed by atoms with Crippen molar-refractivity contribution in [3.8, 4) is 0 Å². The van der Waals surface area contributed by atoms with E-state index < -0.39 is 88.8 Å². The van der Waals surface area contributed by atoms with Gasteiger partial charge in [-0.15, -0.1) is 0 Å². The van der Waals surface area contributed by atoms with Gasteiger partial charge in [0.2, 0.25) is 5.91 Å². The molecule has 2 aromatic rings. The van der Waals surface area contributed by atoms with Gasteiger partial charge < -0.3 is 10.2 Å². The van der Waals surface area contributed by atoms with E-state index in [0.29, 0.717) is 12.1 Å². The molecule has 0 aliphatic carbocycles. The summed E-state index contributed by atoms with van der Waals surface area (Å²) in [5, 5.41) is 2.58. The lowest BCUT2D eigenvalue weighted by Crippen LogP contribution is -2.56. The molecule has 0 aromatic heterocycles. The maximum atomic E-state index is 14.9. The van der Waals surface area contributed by atoms with Crippen molar-refractivity contribution < 1.29 is 56.8 Å². The number of amides is 1. The van der Waals surface area contributed by atoms with Gasteiger partial charge in [-0.2, -0.15) is 26.3 Å². The fourth-order valence-electron chi connectivity index (χ4n) is 6.36. The van der Waals surface area contributed by atoms with Gasteiger partial charge >= 0.3 is 18.0 Å². The Hall–Kier alpha value is -2.95. The van der Waals surface area contributed by atoms with Crippen LogP contribution < -0.4 is 5.32 Å². The molecule has 17 heteroatoms. The van der Waals surface area contributed by atoms with Crippen molar-refractivity contribution in [2.45, 2.75) is 53.0 Å². The fraction of sp³-hybridized carbons (Fsp3) is 0.500. The summed E-state index contributed by atoms with van der Waals surface area (Å²) >= 11 is 0. The van der Waals surface area contributed by atoms with E-state index in [9.17, 15) is 56.8 Å². The molecule has 2 atom stereocenters. The molecule has 0 saturated carbocycles. The summed E-state index contributed by atoms with van der Waals surface area (Å²) in [4.78, 5) is 14.3. The van der Waals surface area contributed by atoms with Crippen LogP contribution >= 0.6 is 0 Å². The van der Waals surface area contributed by atoms with Crippen LogP contribution in [-0.4, -0.2) is 70.6 Å². The van der Waals surface area contributed by atoms with Crippen LogP contribution in [0.3, 0.4) is 0 Å². The van der Waals surface area contributed by atoms with Gasteiger partial charge in [-0.3, -0.25) is 4.79 Å². The van der Waals surface area contributed by atoms with Gasteiger partial charge in [-0.05, 0) is 49.1 Å². The van der Waals surface area contributed by atoms with Crippen molar-refractivity contribution in [1.82, 2.24) is 4.90 Å².